The summed E-state index contributed by atoms with van der Waals surface area (Å²) in [6.45, 7) is 3.88. The van der Waals surface area contributed by atoms with Gasteiger partial charge >= 0.3 is 0 Å². The van der Waals surface area contributed by atoms with Crippen molar-refractivity contribution in [3.05, 3.63) is 46.2 Å². The molecule has 4 heteroatoms. The Bertz CT molecular complexity index is 545. The SMILES string of the molecule is Cc1c2c(nn1-c1cccc(Cl)c1)CNC2. The topological polar surface area (TPSA) is 29.9 Å². The van der Waals surface area contributed by atoms with Crippen molar-refractivity contribution in [3.8, 4) is 5.69 Å². The fourth-order valence-corrected chi connectivity index (χ4v) is 2.31. The van der Waals surface area contributed by atoms with Gasteiger partial charge in [-0.2, -0.15) is 5.10 Å². The third-order valence-corrected chi connectivity index (χ3v) is 3.21. The lowest BCUT2D eigenvalue weighted by Crippen LogP contribution is -2.07. The number of aromatic nitrogens is 2. The van der Waals surface area contributed by atoms with E-state index < -0.39 is 0 Å². The molecule has 0 saturated carbocycles. The molecular weight excluding hydrogens is 222 g/mol. The summed E-state index contributed by atoms with van der Waals surface area (Å²) in [5.74, 6) is 0. The van der Waals surface area contributed by atoms with Gasteiger partial charge in [0.25, 0.3) is 0 Å². The molecule has 0 amide bonds. The van der Waals surface area contributed by atoms with E-state index in [4.69, 9.17) is 11.6 Å². The molecule has 0 spiro atoms. The zero-order chi connectivity index (χ0) is 11.1. The van der Waals surface area contributed by atoms with Crippen molar-refractivity contribution >= 4 is 11.6 Å². The zero-order valence-corrected chi connectivity index (χ0v) is 9.75. The number of hydrogen-bond acceptors (Lipinski definition) is 2. The number of nitrogens with one attached hydrogen (secondary N) is 1. The highest BCUT2D eigenvalue weighted by molar-refractivity contribution is 6.30. The predicted octanol–water partition coefficient (Wildman–Crippen LogP) is 2.44. The number of fused-ring (bicyclic) bond motifs is 1. The molecule has 2 heterocycles. The minimum Gasteiger partial charge on any atom is -0.307 e. The van der Waals surface area contributed by atoms with Crippen LogP contribution in [0.4, 0.5) is 0 Å². The van der Waals surface area contributed by atoms with E-state index in [0.717, 1.165) is 29.5 Å². The third-order valence-electron chi connectivity index (χ3n) is 2.97. The van der Waals surface area contributed by atoms with E-state index >= 15 is 0 Å². The quantitative estimate of drug-likeness (QED) is 0.820. The first-order valence-corrected chi connectivity index (χ1v) is 5.67. The highest BCUT2D eigenvalue weighted by atomic mass is 35.5. The molecule has 1 N–H and O–H groups in total. The van der Waals surface area contributed by atoms with Gasteiger partial charge < -0.3 is 5.32 Å². The maximum absolute atomic E-state index is 5.99. The summed E-state index contributed by atoms with van der Waals surface area (Å²) in [7, 11) is 0. The fraction of sp³-hybridized carbons (Fsp3) is 0.250. The summed E-state index contributed by atoms with van der Waals surface area (Å²) in [6, 6.07) is 7.78. The van der Waals surface area contributed by atoms with Crippen molar-refractivity contribution in [1.82, 2.24) is 15.1 Å². The van der Waals surface area contributed by atoms with Crippen LogP contribution in [0.25, 0.3) is 5.69 Å². The van der Waals surface area contributed by atoms with Crippen LogP contribution >= 0.6 is 11.6 Å². The van der Waals surface area contributed by atoms with Crippen molar-refractivity contribution < 1.29 is 0 Å². The zero-order valence-electron chi connectivity index (χ0n) is 9.00. The Morgan fingerprint density at radius 1 is 1.38 bits per heavy atom. The molecule has 0 bridgehead atoms. The van der Waals surface area contributed by atoms with Crippen molar-refractivity contribution in [1.29, 1.82) is 0 Å². The summed E-state index contributed by atoms with van der Waals surface area (Å²) in [6.07, 6.45) is 0. The Kier molecular flexibility index (Phi) is 2.23. The van der Waals surface area contributed by atoms with Gasteiger partial charge in [0.1, 0.15) is 0 Å². The van der Waals surface area contributed by atoms with E-state index in [1.165, 1.54) is 11.3 Å². The summed E-state index contributed by atoms with van der Waals surface area (Å²) >= 11 is 5.99. The fourth-order valence-electron chi connectivity index (χ4n) is 2.13. The van der Waals surface area contributed by atoms with Crippen molar-refractivity contribution in [3.63, 3.8) is 0 Å². The molecule has 82 valence electrons. The largest absolute Gasteiger partial charge is 0.307 e. The van der Waals surface area contributed by atoms with Gasteiger partial charge in [0.2, 0.25) is 0 Å². The summed E-state index contributed by atoms with van der Waals surface area (Å²) in [5, 5.41) is 8.64. The first-order valence-electron chi connectivity index (χ1n) is 5.30. The number of halogens is 1. The number of nitrogens with zero attached hydrogens (tertiary/aromatic N) is 2. The van der Waals surface area contributed by atoms with Crippen LogP contribution < -0.4 is 5.32 Å². The molecule has 0 atom stereocenters. The molecule has 0 saturated heterocycles. The van der Waals surface area contributed by atoms with Gasteiger partial charge in [-0.1, -0.05) is 17.7 Å². The van der Waals surface area contributed by atoms with Crippen molar-refractivity contribution in [2.24, 2.45) is 0 Å². The number of rotatable bonds is 1. The Morgan fingerprint density at radius 3 is 3.00 bits per heavy atom. The van der Waals surface area contributed by atoms with Gasteiger partial charge in [-0.15, -0.1) is 0 Å². The Labute approximate surface area is 99.0 Å². The average molecular weight is 234 g/mol. The van der Waals surface area contributed by atoms with Crippen LogP contribution in [0.2, 0.25) is 5.02 Å². The van der Waals surface area contributed by atoms with Crippen LogP contribution in [0, 0.1) is 6.92 Å². The molecular formula is C12H12ClN3. The molecule has 1 aromatic heterocycles. The normalized spacial score (nSPS) is 14.1. The monoisotopic (exact) mass is 233 g/mol. The second-order valence-corrected chi connectivity index (χ2v) is 4.44. The Morgan fingerprint density at radius 2 is 2.25 bits per heavy atom. The highest BCUT2D eigenvalue weighted by Crippen LogP contribution is 2.23. The third kappa shape index (κ3) is 1.44. The molecule has 3 nitrogen and oxygen atoms in total. The van der Waals surface area contributed by atoms with E-state index in [9.17, 15) is 0 Å². The summed E-state index contributed by atoms with van der Waals surface area (Å²) in [5.41, 5.74) is 4.69. The molecule has 0 aliphatic carbocycles. The van der Waals surface area contributed by atoms with Crippen molar-refractivity contribution in [2.45, 2.75) is 20.0 Å². The lowest BCUT2D eigenvalue weighted by molar-refractivity contribution is 0.711. The van der Waals surface area contributed by atoms with E-state index in [2.05, 4.69) is 17.3 Å². The van der Waals surface area contributed by atoms with E-state index in [0.29, 0.717) is 0 Å². The van der Waals surface area contributed by atoms with Crippen LogP contribution in [-0.4, -0.2) is 9.78 Å². The molecule has 1 aliphatic rings. The number of benzene rings is 1. The van der Waals surface area contributed by atoms with Crippen LogP contribution in [0.5, 0.6) is 0 Å². The summed E-state index contributed by atoms with van der Waals surface area (Å²) < 4.78 is 1.97. The van der Waals surface area contributed by atoms with E-state index in [1.807, 2.05) is 28.9 Å². The van der Waals surface area contributed by atoms with Gasteiger partial charge in [0.15, 0.2) is 0 Å². The van der Waals surface area contributed by atoms with Crippen LogP contribution in [0.1, 0.15) is 17.0 Å². The second kappa shape index (κ2) is 3.61. The standard InChI is InChI=1S/C12H12ClN3/c1-8-11-6-14-7-12(11)15-16(8)10-4-2-3-9(13)5-10/h2-5,14H,6-7H2,1H3. The molecule has 0 radical (unpaired) electrons. The second-order valence-electron chi connectivity index (χ2n) is 4.01. The lowest BCUT2D eigenvalue weighted by atomic mass is 10.2. The van der Waals surface area contributed by atoms with Gasteiger partial charge in [-0.25, -0.2) is 4.68 Å². The molecule has 0 unspecified atom stereocenters. The van der Waals surface area contributed by atoms with Gasteiger partial charge in [0.05, 0.1) is 11.4 Å². The van der Waals surface area contributed by atoms with Gasteiger partial charge in [0, 0.05) is 29.4 Å². The molecule has 1 aliphatic heterocycles. The average Bonchev–Trinajstić information content (AvgIpc) is 2.82. The highest BCUT2D eigenvalue weighted by Gasteiger charge is 2.19. The van der Waals surface area contributed by atoms with Gasteiger partial charge in [-0.3, -0.25) is 0 Å². The molecule has 2 aromatic rings. The van der Waals surface area contributed by atoms with Crippen LogP contribution in [0.15, 0.2) is 24.3 Å². The minimum absolute atomic E-state index is 0.741. The van der Waals surface area contributed by atoms with Gasteiger partial charge in [-0.05, 0) is 25.1 Å². The molecule has 1 aromatic carbocycles. The van der Waals surface area contributed by atoms with Crippen molar-refractivity contribution in [2.75, 3.05) is 0 Å². The van der Waals surface area contributed by atoms with E-state index in [-0.39, 0.29) is 0 Å². The maximum atomic E-state index is 5.99. The van der Waals surface area contributed by atoms with E-state index in [1.54, 1.807) is 0 Å². The summed E-state index contributed by atoms with van der Waals surface area (Å²) in [4.78, 5) is 0. The molecule has 0 fully saturated rings. The Balaban J connectivity index is 2.14. The number of hydrogen-bond donors (Lipinski definition) is 1. The van der Waals surface area contributed by atoms with Crippen LogP contribution in [0.3, 0.4) is 0 Å². The first kappa shape index (κ1) is 9.87. The van der Waals surface area contributed by atoms with Crippen LogP contribution in [-0.2, 0) is 13.1 Å². The lowest BCUT2D eigenvalue weighted by Gasteiger charge is -2.06. The molecule has 16 heavy (non-hydrogen) atoms. The first-order chi connectivity index (χ1) is 7.75. The Hall–Kier alpha value is -1.32. The smallest absolute Gasteiger partial charge is 0.0814 e. The predicted molar refractivity (Wildman–Crippen MR) is 63.9 cm³/mol. The maximum Gasteiger partial charge on any atom is 0.0814 e. The minimum atomic E-state index is 0.741. The molecule has 3 rings (SSSR count).